The van der Waals surface area contributed by atoms with E-state index in [9.17, 15) is 4.79 Å². The maximum absolute atomic E-state index is 12.1. The van der Waals surface area contributed by atoms with Crippen LogP contribution in [0.1, 0.15) is 28.9 Å². The second-order valence-corrected chi connectivity index (χ2v) is 6.01. The Labute approximate surface area is 135 Å². The van der Waals surface area contributed by atoms with Gasteiger partial charge in [0.05, 0.1) is 11.6 Å². The summed E-state index contributed by atoms with van der Waals surface area (Å²) in [5.74, 6) is -0.211. The minimum Gasteiger partial charge on any atom is -0.345 e. The summed E-state index contributed by atoms with van der Waals surface area (Å²) in [6.45, 7) is 1.86. The summed E-state index contributed by atoms with van der Waals surface area (Å²) in [6.07, 6.45) is 3.13. The van der Waals surface area contributed by atoms with E-state index in [0.717, 1.165) is 10.0 Å². The highest BCUT2D eigenvalue weighted by Crippen LogP contribution is 2.26. The first kappa shape index (κ1) is 15.3. The largest absolute Gasteiger partial charge is 0.345 e. The van der Waals surface area contributed by atoms with Gasteiger partial charge in [-0.05, 0) is 46.6 Å². The van der Waals surface area contributed by atoms with Gasteiger partial charge in [-0.2, -0.15) is 0 Å². The number of nitrogens with zero attached hydrogens (tertiary/aromatic N) is 1. The molecule has 20 heavy (non-hydrogen) atoms. The maximum atomic E-state index is 12.1. The maximum Gasteiger partial charge on any atom is 0.253 e. The quantitative estimate of drug-likeness (QED) is 0.851. The van der Waals surface area contributed by atoms with Crippen molar-refractivity contribution in [2.75, 3.05) is 0 Å². The van der Waals surface area contributed by atoms with Crippen LogP contribution >= 0.6 is 39.1 Å². The Balaban J connectivity index is 2.15. The van der Waals surface area contributed by atoms with E-state index in [1.807, 2.05) is 6.92 Å². The predicted octanol–water partition coefficient (Wildman–Crippen LogP) is 4.64. The minimum absolute atomic E-state index is 0.211. The second-order valence-electron chi connectivity index (χ2n) is 4.25. The van der Waals surface area contributed by atoms with E-state index >= 15 is 0 Å². The highest BCUT2D eigenvalue weighted by Gasteiger charge is 2.14. The Kier molecular flexibility index (Phi) is 5.02. The summed E-state index contributed by atoms with van der Waals surface area (Å²) in [6, 6.07) is 6.67. The highest BCUT2D eigenvalue weighted by atomic mass is 79.9. The third-order valence-corrected chi connectivity index (χ3v) is 3.74. The molecule has 1 heterocycles. The van der Waals surface area contributed by atoms with Gasteiger partial charge in [-0.15, -0.1) is 0 Å². The third kappa shape index (κ3) is 3.72. The van der Waals surface area contributed by atoms with E-state index in [0.29, 0.717) is 15.6 Å². The summed E-state index contributed by atoms with van der Waals surface area (Å²) in [7, 11) is 0. The van der Waals surface area contributed by atoms with Crippen molar-refractivity contribution in [3.63, 3.8) is 0 Å². The van der Waals surface area contributed by atoms with Crippen molar-refractivity contribution in [2.45, 2.75) is 13.0 Å². The molecule has 0 radical (unpaired) electrons. The van der Waals surface area contributed by atoms with Crippen LogP contribution in [0.2, 0.25) is 10.0 Å². The smallest absolute Gasteiger partial charge is 0.253 e. The number of amides is 1. The molecule has 0 aliphatic rings. The van der Waals surface area contributed by atoms with E-state index in [-0.39, 0.29) is 11.9 Å². The number of halogens is 3. The molecule has 2 aromatic rings. The molecule has 0 spiro atoms. The molecule has 2 rings (SSSR count). The molecule has 0 bridgehead atoms. The topological polar surface area (TPSA) is 42.0 Å². The Morgan fingerprint density at radius 1 is 1.30 bits per heavy atom. The van der Waals surface area contributed by atoms with E-state index < -0.39 is 0 Å². The first-order valence-electron chi connectivity index (χ1n) is 5.83. The Morgan fingerprint density at radius 2 is 2.05 bits per heavy atom. The van der Waals surface area contributed by atoms with Crippen LogP contribution in [0.15, 0.2) is 41.1 Å². The van der Waals surface area contributed by atoms with Crippen LogP contribution in [0.5, 0.6) is 0 Å². The van der Waals surface area contributed by atoms with Crippen molar-refractivity contribution in [3.05, 3.63) is 62.3 Å². The zero-order chi connectivity index (χ0) is 14.7. The van der Waals surface area contributed by atoms with Crippen LogP contribution in [0.3, 0.4) is 0 Å². The van der Waals surface area contributed by atoms with E-state index in [2.05, 4.69) is 26.2 Å². The Hall–Kier alpha value is -1.10. The standard InChI is InChI=1S/C14H11BrCl2N2O/c1-8(12-3-2-11(16)5-13(12)17)19-14(20)9-4-10(15)7-18-6-9/h2-8H,1H3,(H,19,20)/t8-/m0/s1. The van der Waals surface area contributed by atoms with Gasteiger partial charge in [0, 0.05) is 26.9 Å². The van der Waals surface area contributed by atoms with Crippen LogP contribution in [0, 0.1) is 0 Å². The average Bonchev–Trinajstić information content (AvgIpc) is 2.38. The molecule has 1 aromatic carbocycles. The van der Waals surface area contributed by atoms with Gasteiger partial charge in [-0.25, -0.2) is 0 Å². The lowest BCUT2D eigenvalue weighted by Crippen LogP contribution is -2.26. The Morgan fingerprint density at radius 3 is 2.70 bits per heavy atom. The first-order chi connectivity index (χ1) is 9.47. The zero-order valence-corrected chi connectivity index (χ0v) is 13.6. The van der Waals surface area contributed by atoms with Crippen LogP contribution < -0.4 is 5.32 Å². The number of nitrogens with one attached hydrogen (secondary N) is 1. The summed E-state index contributed by atoms with van der Waals surface area (Å²) in [5, 5.41) is 3.96. The number of carbonyl (C=O) groups is 1. The highest BCUT2D eigenvalue weighted by molar-refractivity contribution is 9.10. The van der Waals surface area contributed by atoms with Gasteiger partial charge >= 0.3 is 0 Å². The lowest BCUT2D eigenvalue weighted by atomic mass is 10.1. The number of hydrogen-bond donors (Lipinski definition) is 1. The molecule has 0 saturated carbocycles. The molecule has 1 aromatic heterocycles. The van der Waals surface area contributed by atoms with Crippen molar-refractivity contribution in [3.8, 4) is 0 Å². The SMILES string of the molecule is C[C@H](NC(=O)c1cncc(Br)c1)c1ccc(Cl)cc1Cl. The monoisotopic (exact) mass is 372 g/mol. The van der Waals surface area contributed by atoms with Crippen molar-refractivity contribution >= 4 is 45.0 Å². The van der Waals surface area contributed by atoms with Crippen molar-refractivity contribution in [2.24, 2.45) is 0 Å². The number of aromatic nitrogens is 1. The van der Waals surface area contributed by atoms with Crippen LogP contribution in [-0.2, 0) is 0 Å². The third-order valence-electron chi connectivity index (χ3n) is 2.74. The lowest BCUT2D eigenvalue weighted by Gasteiger charge is -2.16. The molecular formula is C14H11BrCl2N2O. The van der Waals surface area contributed by atoms with Crippen molar-refractivity contribution in [1.82, 2.24) is 10.3 Å². The molecule has 1 atom stereocenters. The van der Waals surface area contributed by atoms with E-state index in [1.165, 1.54) is 6.20 Å². The molecule has 1 N–H and O–H groups in total. The predicted molar refractivity (Wildman–Crippen MR) is 84.3 cm³/mol. The summed E-state index contributed by atoms with van der Waals surface area (Å²) in [5.41, 5.74) is 1.30. The number of benzene rings is 1. The zero-order valence-electron chi connectivity index (χ0n) is 10.5. The van der Waals surface area contributed by atoms with Gasteiger partial charge in [0.25, 0.3) is 5.91 Å². The van der Waals surface area contributed by atoms with Crippen LogP contribution in [0.4, 0.5) is 0 Å². The van der Waals surface area contributed by atoms with Crippen LogP contribution in [-0.4, -0.2) is 10.9 Å². The molecule has 0 saturated heterocycles. The molecule has 0 aliphatic heterocycles. The molecule has 0 fully saturated rings. The lowest BCUT2D eigenvalue weighted by molar-refractivity contribution is 0.0939. The summed E-state index contributed by atoms with van der Waals surface area (Å²) in [4.78, 5) is 16.1. The van der Waals surface area contributed by atoms with Gasteiger partial charge in [0.1, 0.15) is 0 Å². The fourth-order valence-corrected chi connectivity index (χ4v) is 2.68. The number of hydrogen-bond acceptors (Lipinski definition) is 2. The molecule has 3 nitrogen and oxygen atoms in total. The van der Waals surface area contributed by atoms with Gasteiger partial charge in [0.2, 0.25) is 0 Å². The fraction of sp³-hybridized carbons (Fsp3) is 0.143. The van der Waals surface area contributed by atoms with E-state index in [1.54, 1.807) is 30.5 Å². The second kappa shape index (κ2) is 6.57. The van der Waals surface area contributed by atoms with Gasteiger partial charge in [-0.3, -0.25) is 9.78 Å². The number of pyridine rings is 1. The molecular weight excluding hydrogens is 363 g/mol. The van der Waals surface area contributed by atoms with Crippen LogP contribution in [0.25, 0.3) is 0 Å². The minimum atomic E-state index is -0.230. The Bertz CT molecular complexity index is 649. The molecule has 104 valence electrons. The van der Waals surface area contributed by atoms with Crippen molar-refractivity contribution in [1.29, 1.82) is 0 Å². The average molecular weight is 374 g/mol. The normalized spacial score (nSPS) is 12.0. The first-order valence-corrected chi connectivity index (χ1v) is 7.38. The molecule has 6 heteroatoms. The summed E-state index contributed by atoms with van der Waals surface area (Å²) >= 11 is 15.3. The molecule has 1 amide bonds. The number of carbonyl (C=O) groups excluding carboxylic acids is 1. The van der Waals surface area contributed by atoms with Gasteiger partial charge in [-0.1, -0.05) is 29.3 Å². The molecule has 0 aliphatic carbocycles. The summed E-state index contributed by atoms with van der Waals surface area (Å²) < 4.78 is 0.752. The van der Waals surface area contributed by atoms with Crippen molar-refractivity contribution < 1.29 is 4.79 Å². The van der Waals surface area contributed by atoms with Gasteiger partial charge < -0.3 is 5.32 Å². The van der Waals surface area contributed by atoms with E-state index in [4.69, 9.17) is 23.2 Å². The molecule has 0 unspecified atom stereocenters. The fourth-order valence-electron chi connectivity index (χ4n) is 1.75. The van der Waals surface area contributed by atoms with Gasteiger partial charge in [0.15, 0.2) is 0 Å². The number of rotatable bonds is 3.